The summed E-state index contributed by atoms with van der Waals surface area (Å²) in [7, 11) is 0. The summed E-state index contributed by atoms with van der Waals surface area (Å²) in [6, 6.07) is 13.2. The number of aliphatic hydroxyl groups excluding tert-OH is 1. The fourth-order valence-corrected chi connectivity index (χ4v) is 5.32. The molecule has 0 radical (unpaired) electrons. The Morgan fingerprint density at radius 2 is 1.46 bits per heavy atom. The third kappa shape index (κ3) is 5.38. The standard InChI is InChI=1S/C27H26BrF2N3O4/c28-18-13-22(29)25(23(30)14-18)37-16-19(34)15-32-9-7-31(8-10-32)11-12-33-26(35)20-5-1-3-17-4-2-6-21(24(17)20)27(33)36/h1-6,13-14,19,34H,7-12,15-16H2/t19-/m0/s1. The Labute approximate surface area is 221 Å². The summed E-state index contributed by atoms with van der Waals surface area (Å²) in [6.07, 6.45) is -0.916. The fourth-order valence-electron chi connectivity index (χ4n) is 4.92. The van der Waals surface area contributed by atoms with Gasteiger partial charge in [-0.2, -0.15) is 0 Å². The average Bonchev–Trinajstić information content (AvgIpc) is 2.87. The van der Waals surface area contributed by atoms with E-state index in [4.69, 9.17) is 4.74 Å². The largest absolute Gasteiger partial charge is 0.485 e. The number of ether oxygens (including phenoxy) is 1. The van der Waals surface area contributed by atoms with Crippen LogP contribution in [0.2, 0.25) is 0 Å². The van der Waals surface area contributed by atoms with E-state index in [-0.39, 0.29) is 22.9 Å². The van der Waals surface area contributed by atoms with Gasteiger partial charge in [0.1, 0.15) is 12.7 Å². The summed E-state index contributed by atoms with van der Waals surface area (Å²) in [5.41, 5.74) is 1.10. The zero-order chi connectivity index (χ0) is 26.1. The lowest BCUT2D eigenvalue weighted by Crippen LogP contribution is -2.51. The van der Waals surface area contributed by atoms with Gasteiger partial charge in [-0.1, -0.05) is 40.2 Å². The maximum atomic E-state index is 13.9. The Morgan fingerprint density at radius 3 is 2.05 bits per heavy atom. The van der Waals surface area contributed by atoms with Crippen LogP contribution in [-0.2, 0) is 0 Å². The van der Waals surface area contributed by atoms with Crippen LogP contribution in [0, 0.1) is 11.6 Å². The molecule has 10 heteroatoms. The quantitative estimate of drug-likeness (QED) is 0.416. The van der Waals surface area contributed by atoms with E-state index in [0.717, 1.165) is 22.9 Å². The van der Waals surface area contributed by atoms with Gasteiger partial charge in [0.05, 0.1) is 0 Å². The summed E-state index contributed by atoms with van der Waals surface area (Å²) >= 11 is 3.02. The number of amides is 2. The highest BCUT2D eigenvalue weighted by molar-refractivity contribution is 9.10. The molecule has 0 aliphatic carbocycles. The van der Waals surface area contributed by atoms with E-state index >= 15 is 0 Å². The Bertz CT molecular complexity index is 1270. The second-order valence-corrected chi connectivity index (χ2v) is 10.2. The van der Waals surface area contributed by atoms with Gasteiger partial charge >= 0.3 is 0 Å². The molecule has 2 amide bonds. The second-order valence-electron chi connectivity index (χ2n) is 9.28. The van der Waals surface area contributed by atoms with E-state index in [1.807, 2.05) is 29.2 Å². The van der Waals surface area contributed by atoms with Crippen molar-refractivity contribution in [3.05, 3.63) is 75.8 Å². The van der Waals surface area contributed by atoms with Crippen molar-refractivity contribution in [1.29, 1.82) is 0 Å². The molecular weight excluding hydrogens is 548 g/mol. The van der Waals surface area contributed by atoms with E-state index in [9.17, 15) is 23.5 Å². The maximum Gasteiger partial charge on any atom is 0.261 e. The molecule has 1 atom stereocenters. The Hall–Kier alpha value is -2.92. The van der Waals surface area contributed by atoms with Crippen LogP contribution in [0.4, 0.5) is 8.78 Å². The fraction of sp³-hybridized carbons (Fsp3) is 0.333. The number of nitrogens with zero attached hydrogens (tertiary/aromatic N) is 3. The van der Waals surface area contributed by atoms with E-state index in [1.165, 1.54) is 4.90 Å². The minimum absolute atomic E-state index is 0.233. The molecule has 0 unspecified atom stereocenters. The predicted molar refractivity (Wildman–Crippen MR) is 138 cm³/mol. The van der Waals surface area contributed by atoms with Crippen LogP contribution < -0.4 is 4.74 Å². The van der Waals surface area contributed by atoms with Crippen molar-refractivity contribution in [1.82, 2.24) is 14.7 Å². The first-order valence-electron chi connectivity index (χ1n) is 12.1. The van der Waals surface area contributed by atoms with Gasteiger partial charge in [0.25, 0.3) is 11.8 Å². The van der Waals surface area contributed by atoms with Gasteiger partial charge in [-0.05, 0) is 29.7 Å². The molecule has 5 rings (SSSR count). The van der Waals surface area contributed by atoms with Crippen LogP contribution in [-0.4, -0.2) is 90.1 Å². The monoisotopic (exact) mass is 573 g/mol. The van der Waals surface area contributed by atoms with Crippen molar-refractivity contribution in [2.45, 2.75) is 6.10 Å². The first-order chi connectivity index (χ1) is 17.8. The average molecular weight is 574 g/mol. The van der Waals surface area contributed by atoms with E-state index in [2.05, 4.69) is 20.8 Å². The number of carbonyl (C=O) groups excluding carboxylic acids is 2. The zero-order valence-corrected chi connectivity index (χ0v) is 21.6. The van der Waals surface area contributed by atoms with Gasteiger partial charge in [0, 0.05) is 66.8 Å². The SMILES string of the molecule is O=C1c2cccc3cccc(c23)C(=O)N1CCN1CCN(C[C@H](O)COc2c(F)cc(Br)cc2F)CC1. The number of halogens is 3. The number of imide groups is 1. The number of hydrogen-bond acceptors (Lipinski definition) is 6. The lowest BCUT2D eigenvalue weighted by Gasteiger charge is -2.36. The summed E-state index contributed by atoms with van der Waals surface area (Å²) in [6.45, 7) is 3.66. The minimum atomic E-state index is -0.916. The molecule has 3 aromatic carbocycles. The number of aliphatic hydroxyl groups is 1. The maximum absolute atomic E-state index is 13.9. The van der Waals surface area contributed by atoms with Gasteiger partial charge in [-0.25, -0.2) is 8.78 Å². The molecule has 0 bridgehead atoms. The topological polar surface area (TPSA) is 73.3 Å². The van der Waals surface area contributed by atoms with Gasteiger partial charge in [-0.15, -0.1) is 0 Å². The van der Waals surface area contributed by atoms with Crippen LogP contribution in [0.1, 0.15) is 20.7 Å². The first-order valence-corrected chi connectivity index (χ1v) is 12.9. The lowest BCUT2D eigenvalue weighted by atomic mass is 9.94. The highest BCUT2D eigenvalue weighted by atomic mass is 79.9. The number of rotatable bonds is 8. The van der Waals surface area contributed by atoms with E-state index < -0.39 is 23.5 Å². The number of benzene rings is 3. The zero-order valence-electron chi connectivity index (χ0n) is 20.0. The molecule has 7 nitrogen and oxygen atoms in total. The number of hydrogen-bond donors (Lipinski definition) is 1. The Morgan fingerprint density at radius 1 is 0.892 bits per heavy atom. The molecule has 1 fully saturated rings. The smallest absolute Gasteiger partial charge is 0.261 e. The summed E-state index contributed by atoms with van der Waals surface area (Å²) < 4.78 is 33.3. The Kier molecular flexibility index (Phi) is 7.52. The number of β-amino-alcohol motifs (C(OH)–C–C–N with tert-alkyl or cyclic N) is 1. The number of carbonyl (C=O) groups is 2. The molecule has 37 heavy (non-hydrogen) atoms. The molecule has 0 saturated carbocycles. The predicted octanol–water partition coefficient (Wildman–Crippen LogP) is 3.53. The second kappa shape index (κ2) is 10.8. The molecular formula is C27H26BrF2N3O4. The molecule has 1 saturated heterocycles. The molecule has 1 N–H and O–H groups in total. The lowest BCUT2D eigenvalue weighted by molar-refractivity contribution is 0.0402. The van der Waals surface area contributed by atoms with Crippen LogP contribution in [0.15, 0.2) is 53.0 Å². The molecule has 3 aromatic rings. The summed E-state index contributed by atoms with van der Waals surface area (Å²) in [5, 5.41) is 11.9. The first kappa shape index (κ1) is 25.7. The van der Waals surface area contributed by atoms with Gasteiger partial charge in [0.2, 0.25) is 0 Å². The van der Waals surface area contributed by atoms with Crippen molar-refractivity contribution in [3.63, 3.8) is 0 Å². The van der Waals surface area contributed by atoms with Crippen molar-refractivity contribution in [2.75, 3.05) is 52.4 Å². The van der Waals surface area contributed by atoms with Crippen molar-refractivity contribution in [2.24, 2.45) is 0 Å². The number of piperazine rings is 1. The van der Waals surface area contributed by atoms with Gasteiger partial charge in [-0.3, -0.25) is 24.3 Å². The highest BCUT2D eigenvalue weighted by Crippen LogP contribution is 2.30. The summed E-state index contributed by atoms with van der Waals surface area (Å²) in [4.78, 5) is 31.7. The highest BCUT2D eigenvalue weighted by Gasteiger charge is 2.33. The van der Waals surface area contributed by atoms with Crippen molar-refractivity contribution in [3.8, 4) is 5.75 Å². The van der Waals surface area contributed by atoms with Crippen LogP contribution in [0.25, 0.3) is 10.8 Å². The van der Waals surface area contributed by atoms with Crippen molar-refractivity contribution < 1.29 is 28.2 Å². The summed E-state index contributed by atoms with van der Waals surface area (Å²) in [5.74, 6) is -2.71. The molecule has 194 valence electrons. The van der Waals surface area contributed by atoms with Crippen LogP contribution in [0.5, 0.6) is 5.75 Å². The van der Waals surface area contributed by atoms with E-state index in [1.54, 1.807) is 12.1 Å². The van der Waals surface area contributed by atoms with E-state index in [0.29, 0.717) is 56.9 Å². The van der Waals surface area contributed by atoms with Crippen molar-refractivity contribution >= 4 is 38.5 Å². The molecule has 0 aromatic heterocycles. The molecule has 0 spiro atoms. The Balaban J connectivity index is 1.10. The molecule has 2 aliphatic heterocycles. The van der Waals surface area contributed by atoms with Gasteiger partial charge in [0.15, 0.2) is 17.4 Å². The van der Waals surface area contributed by atoms with Crippen LogP contribution in [0.3, 0.4) is 0 Å². The third-order valence-corrected chi connectivity index (χ3v) is 7.27. The molecule has 2 heterocycles. The molecule has 2 aliphatic rings. The minimum Gasteiger partial charge on any atom is -0.485 e. The van der Waals surface area contributed by atoms with Gasteiger partial charge < -0.3 is 9.84 Å². The third-order valence-electron chi connectivity index (χ3n) is 6.81. The normalized spacial score (nSPS) is 17.5. The van der Waals surface area contributed by atoms with Crippen LogP contribution >= 0.6 is 15.9 Å².